The average Bonchev–Trinajstić information content (AvgIpc) is 2.33. The van der Waals surface area contributed by atoms with Gasteiger partial charge in [0.15, 0.2) is 0 Å². The van der Waals surface area contributed by atoms with E-state index in [4.69, 9.17) is 5.73 Å². The van der Waals surface area contributed by atoms with Gasteiger partial charge in [-0.1, -0.05) is 6.07 Å². The standard InChI is InChI=1S/C14H15FN2O/c1-17(12-4-6-13(18)7-5-12)9-10-2-3-11(15)8-14(10)16/h2-8,18H,9,16H2,1H3. The number of hydrogen-bond donors (Lipinski definition) is 2. The Balaban J connectivity index is 2.15. The SMILES string of the molecule is CN(Cc1ccc(F)cc1N)c1ccc(O)cc1. The van der Waals surface area contributed by atoms with E-state index in [2.05, 4.69) is 0 Å². The minimum atomic E-state index is -0.330. The molecule has 3 N–H and O–H groups in total. The van der Waals surface area contributed by atoms with Gasteiger partial charge in [-0.2, -0.15) is 0 Å². The minimum absolute atomic E-state index is 0.230. The largest absolute Gasteiger partial charge is 0.508 e. The maximum Gasteiger partial charge on any atom is 0.125 e. The van der Waals surface area contributed by atoms with Crippen LogP contribution in [0.15, 0.2) is 42.5 Å². The molecule has 0 amide bonds. The molecule has 0 spiro atoms. The average molecular weight is 246 g/mol. The van der Waals surface area contributed by atoms with Crippen LogP contribution in [0.5, 0.6) is 5.75 Å². The van der Waals surface area contributed by atoms with Crippen molar-refractivity contribution in [2.24, 2.45) is 0 Å². The van der Waals surface area contributed by atoms with E-state index in [9.17, 15) is 9.50 Å². The minimum Gasteiger partial charge on any atom is -0.508 e. The molecule has 0 heterocycles. The van der Waals surface area contributed by atoms with Crippen molar-refractivity contribution < 1.29 is 9.50 Å². The number of nitrogens with two attached hydrogens (primary N) is 1. The highest BCUT2D eigenvalue weighted by molar-refractivity contribution is 5.52. The van der Waals surface area contributed by atoms with Gasteiger partial charge < -0.3 is 15.7 Å². The fraction of sp³-hybridized carbons (Fsp3) is 0.143. The van der Waals surface area contributed by atoms with E-state index in [1.807, 2.05) is 24.1 Å². The molecule has 0 aromatic heterocycles. The number of anilines is 2. The summed E-state index contributed by atoms with van der Waals surface area (Å²) >= 11 is 0. The summed E-state index contributed by atoms with van der Waals surface area (Å²) in [6.07, 6.45) is 0. The molecule has 0 saturated carbocycles. The third kappa shape index (κ3) is 2.71. The van der Waals surface area contributed by atoms with Gasteiger partial charge in [0.25, 0.3) is 0 Å². The lowest BCUT2D eigenvalue weighted by molar-refractivity contribution is 0.475. The van der Waals surface area contributed by atoms with Gasteiger partial charge in [0, 0.05) is 25.0 Å². The number of nitrogen functional groups attached to an aromatic ring is 1. The molecular weight excluding hydrogens is 231 g/mol. The van der Waals surface area contributed by atoms with Crippen molar-refractivity contribution in [3.8, 4) is 5.75 Å². The van der Waals surface area contributed by atoms with Gasteiger partial charge in [-0.05, 0) is 42.0 Å². The lowest BCUT2D eigenvalue weighted by Gasteiger charge is -2.20. The first-order chi connectivity index (χ1) is 8.56. The number of phenols is 1. The Labute approximate surface area is 105 Å². The Hall–Kier alpha value is -2.23. The Bertz CT molecular complexity index is 540. The maximum absolute atomic E-state index is 12.9. The molecule has 94 valence electrons. The summed E-state index contributed by atoms with van der Waals surface area (Å²) in [6.45, 7) is 0.580. The van der Waals surface area contributed by atoms with E-state index in [1.54, 1.807) is 18.2 Å². The van der Waals surface area contributed by atoms with E-state index in [-0.39, 0.29) is 11.6 Å². The van der Waals surface area contributed by atoms with Crippen molar-refractivity contribution in [3.63, 3.8) is 0 Å². The number of halogens is 1. The zero-order chi connectivity index (χ0) is 13.1. The summed E-state index contributed by atoms with van der Waals surface area (Å²) < 4.78 is 12.9. The third-order valence-electron chi connectivity index (χ3n) is 2.81. The highest BCUT2D eigenvalue weighted by Gasteiger charge is 2.06. The van der Waals surface area contributed by atoms with E-state index < -0.39 is 0 Å². The summed E-state index contributed by atoms with van der Waals surface area (Å²) in [6, 6.07) is 11.3. The molecule has 0 aliphatic rings. The third-order valence-corrected chi connectivity index (χ3v) is 2.81. The Morgan fingerprint density at radius 3 is 2.44 bits per heavy atom. The first-order valence-electron chi connectivity index (χ1n) is 5.60. The number of benzene rings is 2. The van der Waals surface area contributed by atoms with Crippen molar-refractivity contribution >= 4 is 11.4 Å². The summed E-state index contributed by atoms with van der Waals surface area (Å²) in [5.74, 6) is -0.100. The Morgan fingerprint density at radius 2 is 1.83 bits per heavy atom. The molecule has 0 aliphatic carbocycles. The maximum atomic E-state index is 12.9. The first-order valence-corrected chi connectivity index (χ1v) is 5.60. The number of rotatable bonds is 3. The molecule has 0 fully saturated rings. The predicted octanol–water partition coefficient (Wildman–Crippen LogP) is 2.75. The molecule has 0 aliphatic heterocycles. The molecule has 0 unspecified atom stereocenters. The summed E-state index contributed by atoms with van der Waals surface area (Å²) in [5.41, 5.74) is 8.03. The van der Waals surface area contributed by atoms with Crippen molar-refractivity contribution in [3.05, 3.63) is 53.8 Å². The second-order valence-corrected chi connectivity index (χ2v) is 4.22. The predicted molar refractivity (Wildman–Crippen MR) is 71.0 cm³/mol. The highest BCUT2D eigenvalue weighted by Crippen LogP contribution is 2.21. The van der Waals surface area contributed by atoms with E-state index in [0.29, 0.717) is 12.2 Å². The normalized spacial score (nSPS) is 10.3. The lowest BCUT2D eigenvalue weighted by atomic mass is 10.1. The Kier molecular flexibility index (Phi) is 3.37. The van der Waals surface area contributed by atoms with Gasteiger partial charge in [-0.3, -0.25) is 0 Å². The van der Waals surface area contributed by atoms with E-state index in [1.165, 1.54) is 12.1 Å². The van der Waals surface area contributed by atoms with Gasteiger partial charge in [0.1, 0.15) is 11.6 Å². The van der Waals surface area contributed by atoms with Crippen LogP contribution in [0, 0.1) is 5.82 Å². The fourth-order valence-electron chi connectivity index (χ4n) is 1.76. The first kappa shape index (κ1) is 12.2. The number of hydrogen-bond acceptors (Lipinski definition) is 3. The molecule has 2 aromatic rings. The molecular formula is C14H15FN2O. The van der Waals surface area contributed by atoms with Crippen LogP contribution in [-0.4, -0.2) is 12.2 Å². The van der Waals surface area contributed by atoms with Gasteiger partial charge in [0.2, 0.25) is 0 Å². The number of aromatic hydroxyl groups is 1. The molecule has 0 bridgehead atoms. The summed E-state index contributed by atoms with van der Waals surface area (Å²) in [4.78, 5) is 1.98. The van der Waals surface area contributed by atoms with Crippen molar-refractivity contribution in [1.29, 1.82) is 0 Å². The fourth-order valence-corrected chi connectivity index (χ4v) is 1.76. The molecule has 3 nitrogen and oxygen atoms in total. The van der Waals surface area contributed by atoms with Crippen LogP contribution >= 0.6 is 0 Å². The Morgan fingerprint density at radius 1 is 1.17 bits per heavy atom. The molecule has 4 heteroatoms. The summed E-state index contributed by atoms with van der Waals surface area (Å²) in [7, 11) is 1.91. The van der Waals surface area contributed by atoms with Crippen LogP contribution in [0.2, 0.25) is 0 Å². The molecule has 0 saturated heterocycles. The van der Waals surface area contributed by atoms with Crippen molar-refractivity contribution in [1.82, 2.24) is 0 Å². The zero-order valence-electron chi connectivity index (χ0n) is 10.1. The van der Waals surface area contributed by atoms with Crippen LogP contribution in [0.3, 0.4) is 0 Å². The second-order valence-electron chi connectivity index (χ2n) is 4.22. The van der Waals surface area contributed by atoms with Gasteiger partial charge in [-0.25, -0.2) is 4.39 Å². The topological polar surface area (TPSA) is 49.5 Å². The van der Waals surface area contributed by atoms with E-state index >= 15 is 0 Å². The highest BCUT2D eigenvalue weighted by atomic mass is 19.1. The van der Waals surface area contributed by atoms with Gasteiger partial charge >= 0.3 is 0 Å². The smallest absolute Gasteiger partial charge is 0.125 e. The van der Waals surface area contributed by atoms with Gasteiger partial charge in [0.05, 0.1) is 0 Å². The molecule has 18 heavy (non-hydrogen) atoms. The zero-order valence-corrected chi connectivity index (χ0v) is 10.1. The number of nitrogens with zero attached hydrogens (tertiary/aromatic N) is 1. The van der Waals surface area contributed by atoms with Crippen LogP contribution in [0.25, 0.3) is 0 Å². The number of phenolic OH excluding ortho intramolecular Hbond substituents is 1. The second kappa shape index (κ2) is 4.96. The molecule has 0 radical (unpaired) electrons. The van der Waals surface area contributed by atoms with Crippen molar-refractivity contribution in [2.75, 3.05) is 17.7 Å². The van der Waals surface area contributed by atoms with Crippen LogP contribution < -0.4 is 10.6 Å². The van der Waals surface area contributed by atoms with Crippen LogP contribution in [0.4, 0.5) is 15.8 Å². The molecule has 2 rings (SSSR count). The van der Waals surface area contributed by atoms with Crippen molar-refractivity contribution in [2.45, 2.75) is 6.54 Å². The lowest BCUT2D eigenvalue weighted by Crippen LogP contribution is -2.17. The quantitative estimate of drug-likeness (QED) is 0.819. The monoisotopic (exact) mass is 246 g/mol. The van der Waals surface area contributed by atoms with E-state index in [0.717, 1.165) is 11.3 Å². The van der Waals surface area contributed by atoms with Gasteiger partial charge in [-0.15, -0.1) is 0 Å². The molecule has 0 atom stereocenters. The van der Waals surface area contributed by atoms with Crippen LogP contribution in [0.1, 0.15) is 5.56 Å². The summed E-state index contributed by atoms with van der Waals surface area (Å²) in [5, 5.41) is 9.22. The molecule has 2 aromatic carbocycles. The van der Waals surface area contributed by atoms with Crippen LogP contribution in [-0.2, 0) is 6.54 Å².